The van der Waals surface area contributed by atoms with Gasteiger partial charge in [-0.15, -0.1) is 0 Å². The van der Waals surface area contributed by atoms with Crippen molar-refractivity contribution in [3.05, 3.63) is 91.4 Å². The van der Waals surface area contributed by atoms with E-state index in [2.05, 4.69) is 0 Å². The molecule has 0 radical (unpaired) electrons. The molecule has 0 saturated heterocycles. The molecular formula is C19H12Cl4O5S. The van der Waals surface area contributed by atoms with E-state index in [4.69, 9.17) is 46.4 Å². The van der Waals surface area contributed by atoms with Gasteiger partial charge < -0.3 is 10.2 Å². The maximum Gasteiger partial charge on any atom is 0.283 e. The van der Waals surface area contributed by atoms with Gasteiger partial charge in [0, 0.05) is 16.7 Å². The Morgan fingerprint density at radius 1 is 0.793 bits per heavy atom. The van der Waals surface area contributed by atoms with Gasteiger partial charge in [0.1, 0.15) is 11.5 Å². The molecule has 0 aliphatic carbocycles. The molecule has 3 aromatic rings. The van der Waals surface area contributed by atoms with Crippen LogP contribution in [-0.4, -0.2) is 23.2 Å². The maximum atomic E-state index is 13.0. The lowest BCUT2D eigenvalue weighted by Crippen LogP contribution is -2.38. The van der Waals surface area contributed by atoms with Gasteiger partial charge in [0.15, 0.2) is 4.75 Å². The summed E-state index contributed by atoms with van der Waals surface area (Å²) in [6, 6.07) is 11.5. The van der Waals surface area contributed by atoms with Gasteiger partial charge in [-0.3, -0.25) is 4.55 Å². The first-order valence-electron chi connectivity index (χ1n) is 7.89. The van der Waals surface area contributed by atoms with E-state index < -0.39 is 20.6 Å². The zero-order valence-corrected chi connectivity index (χ0v) is 18.1. The van der Waals surface area contributed by atoms with Crippen molar-refractivity contribution in [1.29, 1.82) is 0 Å². The fraction of sp³-hybridized carbons (Fsp3) is 0.0526. The summed E-state index contributed by atoms with van der Waals surface area (Å²) in [5, 5.41) is 19.9. The zero-order valence-electron chi connectivity index (χ0n) is 14.3. The molecule has 0 amide bonds. The minimum atomic E-state index is -5.06. The lowest BCUT2D eigenvalue weighted by Gasteiger charge is -2.33. The summed E-state index contributed by atoms with van der Waals surface area (Å²) in [7, 11) is -5.06. The van der Waals surface area contributed by atoms with E-state index in [1.165, 1.54) is 42.5 Å². The standard InChI is InChI=1S/C19H12Cl4O5S/c20-12-8-14(18(23)17(25)9-12)19(29(26,27)28,10-2-1-3-13(24)6-10)11-4-5-15(21)16(22)7-11/h1-9,24-25H,(H,26,27,28). The van der Waals surface area contributed by atoms with Crippen LogP contribution in [0.4, 0.5) is 0 Å². The van der Waals surface area contributed by atoms with E-state index in [1.54, 1.807) is 0 Å². The molecule has 0 heterocycles. The third-order valence-corrected chi connectivity index (χ3v) is 7.18. The summed E-state index contributed by atoms with van der Waals surface area (Å²) in [6.07, 6.45) is 0. The Balaban J connectivity index is 2.60. The number of phenols is 2. The molecule has 1 unspecified atom stereocenters. The Labute approximate surface area is 186 Å². The van der Waals surface area contributed by atoms with Crippen LogP contribution in [0.3, 0.4) is 0 Å². The third-order valence-electron chi connectivity index (χ3n) is 4.36. The van der Waals surface area contributed by atoms with Crippen molar-refractivity contribution in [2.45, 2.75) is 4.75 Å². The second-order valence-corrected chi connectivity index (χ2v) is 9.31. The Bertz CT molecular complexity index is 1210. The molecule has 3 aromatic carbocycles. The largest absolute Gasteiger partial charge is 0.508 e. The highest BCUT2D eigenvalue weighted by atomic mass is 35.5. The fourth-order valence-corrected chi connectivity index (χ4v) is 5.29. The van der Waals surface area contributed by atoms with Crippen LogP contribution in [0.2, 0.25) is 20.1 Å². The molecule has 5 nitrogen and oxygen atoms in total. The van der Waals surface area contributed by atoms with Gasteiger partial charge in [-0.05, 0) is 41.5 Å². The second-order valence-electron chi connectivity index (χ2n) is 6.12. The fourth-order valence-electron chi connectivity index (χ4n) is 3.19. The Morgan fingerprint density at radius 3 is 2.03 bits per heavy atom. The highest BCUT2D eigenvalue weighted by Crippen LogP contribution is 2.50. The first-order valence-corrected chi connectivity index (χ1v) is 10.8. The van der Waals surface area contributed by atoms with E-state index in [0.29, 0.717) is 0 Å². The lowest BCUT2D eigenvalue weighted by molar-refractivity contribution is 0.455. The van der Waals surface area contributed by atoms with E-state index >= 15 is 0 Å². The average molecular weight is 494 g/mol. The van der Waals surface area contributed by atoms with Gasteiger partial charge in [0.2, 0.25) is 0 Å². The molecule has 0 aliphatic heterocycles. The first kappa shape index (κ1) is 22.0. The van der Waals surface area contributed by atoms with Crippen LogP contribution in [0.5, 0.6) is 11.5 Å². The van der Waals surface area contributed by atoms with Gasteiger partial charge in [0.25, 0.3) is 10.1 Å². The van der Waals surface area contributed by atoms with Gasteiger partial charge in [-0.25, -0.2) is 0 Å². The summed E-state index contributed by atoms with van der Waals surface area (Å²) in [6.45, 7) is 0. The minimum absolute atomic E-state index is 0.0136. The van der Waals surface area contributed by atoms with Crippen LogP contribution >= 0.6 is 46.4 Å². The predicted molar refractivity (Wildman–Crippen MR) is 114 cm³/mol. The Kier molecular flexibility index (Phi) is 5.98. The highest BCUT2D eigenvalue weighted by Gasteiger charge is 2.50. The van der Waals surface area contributed by atoms with Gasteiger partial charge in [-0.1, -0.05) is 64.6 Å². The van der Waals surface area contributed by atoms with Crippen molar-refractivity contribution in [2.24, 2.45) is 0 Å². The molecule has 1 atom stereocenters. The predicted octanol–water partition coefficient (Wildman–Crippen LogP) is 5.89. The molecule has 3 N–H and O–H groups in total. The number of hydrogen-bond donors (Lipinski definition) is 3. The van der Waals surface area contributed by atoms with E-state index in [9.17, 15) is 23.2 Å². The SMILES string of the molecule is O=S(=O)(O)C(c1cccc(O)c1)(c1ccc(Cl)c(Cl)c1)c1cc(Cl)cc(O)c1Cl. The van der Waals surface area contributed by atoms with Crippen LogP contribution in [0.15, 0.2) is 54.6 Å². The molecule has 10 heteroatoms. The Morgan fingerprint density at radius 2 is 1.45 bits per heavy atom. The number of benzene rings is 3. The van der Waals surface area contributed by atoms with E-state index in [0.717, 1.165) is 12.1 Å². The maximum absolute atomic E-state index is 13.0. The van der Waals surface area contributed by atoms with Gasteiger partial charge in [0.05, 0.1) is 15.1 Å². The molecule has 0 aliphatic rings. The van der Waals surface area contributed by atoms with Crippen molar-refractivity contribution in [2.75, 3.05) is 0 Å². The average Bonchev–Trinajstić information content (AvgIpc) is 2.61. The van der Waals surface area contributed by atoms with Gasteiger partial charge >= 0.3 is 0 Å². The smallest absolute Gasteiger partial charge is 0.283 e. The van der Waals surface area contributed by atoms with Crippen LogP contribution < -0.4 is 0 Å². The number of phenolic OH excluding ortho intramolecular Hbond substituents is 2. The normalized spacial score (nSPS) is 13.8. The molecule has 3 rings (SSSR count). The Hall–Kier alpha value is -1.67. The van der Waals surface area contributed by atoms with Crippen LogP contribution in [0, 0.1) is 0 Å². The summed E-state index contributed by atoms with van der Waals surface area (Å²) in [5.41, 5.74) is -0.346. The molecular weight excluding hydrogens is 482 g/mol. The zero-order chi connectivity index (χ0) is 21.6. The lowest BCUT2D eigenvalue weighted by atomic mass is 9.83. The van der Waals surface area contributed by atoms with Crippen molar-refractivity contribution in [1.82, 2.24) is 0 Å². The van der Waals surface area contributed by atoms with Gasteiger partial charge in [-0.2, -0.15) is 8.42 Å². The topological polar surface area (TPSA) is 94.8 Å². The van der Waals surface area contributed by atoms with Crippen molar-refractivity contribution in [3.8, 4) is 11.5 Å². The molecule has 152 valence electrons. The summed E-state index contributed by atoms with van der Waals surface area (Å²) in [4.78, 5) is 0. The quantitative estimate of drug-likeness (QED) is 0.311. The molecule has 29 heavy (non-hydrogen) atoms. The molecule has 0 spiro atoms. The second kappa shape index (κ2) is 7.87. The highest BCUT2D eigenvalue weighted by molar-refractivity contribution is 7.87. The van der Waals surface area contributed by atoms with Crippen LogP contribution in [0.1, 0.15) is 16.7 Å². The monoisotopic (exact) mass is 492 g/mol. The van der Waals surface area contributed by atoms with Crippen molar-refractivity contribution >= 4 is 56.5 Å². The summed E-state index contributed by atoms with van der Waals surface area (Å²) >= 11 is 24.4. The summed E-state index contributed by atoms with van der Waals surface area (Å²) < 4.78 is 34.0. The van der Waals surface area contributed by atoms with Crippen LogP contribution in [0.25, 0.3) is 0 Å². The number of hydrogen-bond acceptors (Lipinski definition) is 4. The molecule has 0 aromatic heterocycles. The third kappa shape index (κ3) is 3.77. The molecule has 0 fully saturated rings. The van der Waals surface area contributed by atoms with Crippen molar-refractivity contribution < 1.29 is 23.2 Å². The number of rotatable bonds is 4. The molecule has 0 saturated carbocycles. The number of halogens is 4. The number of aromatic hydroxyl groups is 2. The van der Waals surface area contributed by atoms with Crippen molar-refractivity contribution in [3.63, 3.8) is 0 Å². The first-order chi connectivity index (χ1) is 13.5. The molecule has 0 bridgehead atoms. The summed E-state index contributed by atoms with van der Waals surface area (Å²) in [5.74, 6) is -0.764. The van der Waals surface area contributed by atoms with E-state index in [-0.39, 0.29) is 42.5 Å². The minimum Gasteiger partial charge on any atom is -0.508 e. The van der Waals surface area contributed by atoms with Crippen LogP contribution in [-0.2, 0) is 14.9 Å². The van der Waals surface area contributed by atoms with E-state index in [1.807, 2.05) is 0 Å².